The van der Waals surface area contributed by atoms with Gasteiger partial charge in [0.25, 0.3) is 5.91 Å². The van der Waals surface area contributed by atoms with Gasteiger partial charge in [-0.2, -0.15) is 0 Å². The van der Waals surface area contributed by atoms with Crippen LogP contribution in [0.3, 0.4) is 0 Å². The van der Waals surface area contributed by atoms with E-state index in [0.717, 1.165) is 12.0 Å². The van der Waals surface area contributed by atoms with E-state index >= 15 is 0 Å². The zero-order valence-corrected chi connectivity index (χ0v) is 15.9. The fourth-order valence-corrected chi connectivity index (χ4v) is 4.83. The number of hydrogen-bond acceptors (Lipinski definition) is 5. The number of thioether (sulfide) groups is 1. The lowest BCUT2D eigenvalue weighted by atomic mass is 10.1. The second-order valence-corrected chi connectivity index (χ2v) is 8.48. The van der Waals surface area contributed by atoms with Crippen molar-refractivity contribution in [1.82, 2.24) is 10.2 Å². The Hall–Kier alpha value is -1.73. The highest BCUT2D eigenvalue weighted by Gasteiger charge is 2.43. The van der Waals surface area contributed by atoms with Crippen LogP contribution in [0.15, 0.2) is 40.5 Å². The van der Waals surface area contributed by atoms with Crippen LogP contribution >= 0.6 is 23.1 Å². The Morgan fingerprint density at radius 3 is 2.88 bits per heavy atom. The topological polar surface area (TPSA) is 62.6 Å². The predicted molar refractivity (Wildman–Crippen MR) is 101 cm³/mol. The minimum atomic E-state index is -0.466. The molecule has 1 fully saturated rings. The number of nitrogens with zero attached hydrogens (tertiary/aromatic N) is 1. The van der Waals surface area contributed by atoms with Crippen LogP contribution in [0.1, 0.15) is 40.9 Å². The molecule has 25 heavy (non-hydrogen) atoms. The van der Waals surface area contributed by atoms with E-state index in [9.17, 15) is 9.59 Å². The molecule has 1 saturated heterocycles. The molecule has 0 saturated carbocycles. The highest BCUT2D eigenvalue weighted by molar-refractivity contribution is 7.99. The van der Waals surface area contributed by atoms with Gasteiger partial charge in [-0.3, -0.25) is 9.59 Å². The Bertz CT molecular complexity index is 698. The molecule has 1 aliphatic rings. The molecule has 2 aromatic rings. The Kier molecular flexibility index (Phi) is 5.86. The Labute approximate surface area is 155 Å². The second kappa shape index (κ2) is 8.10. The number of amides is 2. The number of thiophene rings is 1. The summed E-state index contributed by atoms with van der Waals surface area (Å²) in [6.07, 6.45) is 4.17. The predicted octanol–water partition coefficient (Wildman–Crippen LogP) is 3.76. The lowest BCUT2D eigenvalue weighted by Gasteiger charge is -2.28. The normalized spacial score (nSPS) is 20.2. The molecule has 3 rings (SSSR count). The summed E-state index contributed by atoms with van der Waals surface area (Å²) < 4.78 is 5.18. The maximum absolute atomic E-state index is 13.0. The number of furan rings is 1. The van der Waals surface area contributed by atoms with Gasteiger partial charge in [-0.1, -0.05) is 19.9 Å². The largest absolute Gasteiger partial charge is 0.472 e. The third kappa shape index (κ3) is 4.10. The Morgan fingerprint density at radius 2 is 2.24 bits per heavy atom. The summed E-state index contributed by atoms with van der Waals surface area (Å²) in [6, 6.07) is 5.04. The van der Waals surface area contributed by atoms with E-state index < -0.39 is 6.04 Å². The maximum atomic E-state index is 13.0. The monoisotopic (exact) mass is 378 g/mol. The molecule has 2 unspecified atom stereocenters. The van der Waals surface area contributed by atoms with Crippen LogP contribution in [0.4, 0.5) is 0 Å². The number of nitrogens with one attached hydrogen (secondary N) is 1. The molecule has 0 bridgehead atoms. The number of hydrogen-bond donors (Lipinski definition) is 1. The van der Waals surface area contributed by atoms with Gasteiger partial charge in [0.1, 0.15) is 11.4 Å². The van der Waals surface area contributed by atoms with Crippen LogP contribution in [0.5, 0.6) is 0 Å². The molecule has 5 nitrogen and oxygen atoms in total. The molecule has 0 radical (unpaired) electrons. The molecule has 1 N–H and O–H groups in total. The maximum Gasteiger partial charge on any atom is 0.265 e. The van der Waals surface area contributed by atoms with Crippen molar-refractivity contribution in [3.63, 3.8) is 0 Å². The first kappa shape index (κ1) is 18.1. The molecule has 2 amide bonds. The van der Waals surface area contributed by atoms with Gasteiger partial charge in [-0.25, -0.2) is 0 Å². The van der Waals surface area contributed by atoms with Crippen molar-refractivity contribution in [2.45, 2.75) is 31.7 Å². The highest BCUT2D eigenvalue weighted by Crippen LogP contribution is 2.42. The molecule has 2 atom stereocenters. The first-order chi connectivity index (χ1) is 12.1. The van der Waals surface area contributed by atoms with Crippen LogP contribution in [0.25, 0.3) is 0 Å². The summed E-state index contributed by atoms with van der Waals surface area (Å²) >= 11 is 3.00. The van der Waals surface area contributed by atoms with E-state index in [1.807, 2.05) is 17.5 Å². The molecule has 134 valence electrons. The molecule has 2 aromatic heterocycles. The second-order valence-electron chi connectivity index (χ2n) is 6.42. The van der Waals surface area contributed by atoms with Gasteiger partial charge in [-0.15, -0.1) is 23.1 Å². The third-order valence-electron chi connectivity index (χ3n) is 4.12. The van der Waals surface area contributed by atoms with Gasteiger partial charge in [0.15, 0.2) is 0 Å². The lowest BCUT2D eigenvalue weighted by molar-refractivity contribution is -0.124. The summed E-state index contributed by atoms with van der Waals surface area (Å²) in [6.45, 7) is 4.88. The highest BCUT2D eigenvalue weighted by atomic mass is 32.2. The van der Waals surface area contributed by atoms with Crippen LogP contribution < -0.4 is 5.32 Å². The van der Waals surface area contributed by atoms with Crippen molar-refractivity contribution in [2.75, 3.05) is 12.3 Å². The minimum absolute atomic E-state index is 0.0796. The van der Waals surface area contributed by atoms with Crippen LogP contribution in [0, 0.1) is 5.92 Å². The van der Waals surface area contributed by atoms with Gasteiger partial charge >= 0.3 is 0 Å². The van der Waals surface area contributed by atoms with Gasteiger partial charge < -0.3 is 14.6 Å². The van der Waals surface area contributed by atoms with Crippen LogP contribution in [-0.2, 0) is 4.79 Å². The first-order valence-corrected chi connectivity index (χ1v) is 10.3. The van der Waals surface area contributed by atoms with Crippen LogP contribution in [-0.4, -0.2) is 35.1 Å². The van der Waals surface area contributed by atoms with Crippen molar-refractivity contribution in [3.05, 3.63) is 46.5 Å². The van der Waals surface area contributed by atoms with Crippen molar-refractivity contribution in [1.29, 1.82) is 0 Å². The summed E-state index contributed by atoms with van der Waals surface area (Å²) in [5.74, 6) is 0.931. The zero-order valence-electron chi connectivity index (χ0n) is 14.3. The molecule has 0 aromatic carbocycles. The van der Waals surface area contributed by atoms with E-state index in [1.54, 1.807) is 35.3 Å². The van der Waals surface area contributed by atoms with Gasteiger partial charge in [-0.05, 0) is 29.9 Å². The number of carbonyl (C=O) groups is 2. The molecule has 1 aliphatic heterocycles. The summed E-state index contributed by atoms with van der Waals surface area (Å²) in [5, 5.41) is 4.66. The average molecular weight is 379 g/mol. The fourth-order valence-electron chi connectivity index (χ4n) is 2.76. The van der Waals surface area contributed by atoms with E-state index in [0.29, 0.717) is 23.1 Å². The van der Waals surface area contributed by atoms with Crippen molar-refractivity contribution < 1.29 is 14.0 Å². The first-order valence-electron chi connectivity index (χ1n) is 8.35. The quantitative estimate of drug-likeness (QED) is 0.831. The SMILES string of the molecule is CC(C)CCNC(=O)C1CSC(c2ccoc2)N1C(=O)c1cccs1. The Morgan fingerprint density at radius 1 is 1.40 bits per heavy atom. The van der Waals surface area contributed by atoms with Crippen molar-refractivity contribution >= 4 is 34.9 Å². The summed E-state index contributed by atoms with van der Waals surface area (Å²) in [5.41, 5.74) is 0.910. The zero-order chi connectivity index (χ0) is 17.8. The van der Waals surface area contributed by atoms with Gasteiger partial charge in [0.2, 0.25) is 5.91 Å². The number of rotatable bonds is 6. The average Bonchev–Trinajstić information content (AvgIpc) is 3.33. The van der Waals surface area contributed by atoms with Gasteiger partial charge in [0, 0.05) is 17.9 Å². The smallest absolute Gasteiger partial charge is 0.265 e. The molecular weight excluding hydrogens is 356 g/mol. The summed E-state index contributed by atoms with van der Waals surface area (Å²) in [7, 11) is 0. The third-order valence-corrected chi connectivity index (χ3v) is 6.30. The van der Waals surface area contributed by atoms with E-state index in [1.165, 1.54) is 11.3 Å². The fraction of sp³-hybridized carbons (Fsp3) is 0.444. The molecule has 3 heterocycles. The lowest BCUT2D eigenvalue weighted by Crippen LogP contribution is -2.48. The number of carbonyl (C=O) groups excluding carboxylic acids is 2. The van der Waals surface area contributed by atoms with Crippen LogP contribution in [0.2, 0.25) is 0 Å². The Balaban J connectivity index is 1.79. The van der Waals surface area contributed by atoms with E-state index in [4.69, 9.17) is 4.42 Å². The van der Waals surface area contributed by atoms with E-state index in [-0.39, 0.29) is 17.2 Å². The summed E-state index contributed by atoms with van der Waals surface area (Å²) in [4.78, 5) is 28.1. The molecule has 0 aliphatic carbocycles. The van der Waals surface area contributed by atoms with Crippen molar-refractivity contribution in [3.8, 4) is 0 Å². The van der Waals surface area contributed by atoms with Gasteiger partial charge in [0.05, 0.1) is 17.4 Å². The molecule has 7 heteroatoms. The molecule has 0 spiro atoms. The van der Waals surface area contributed by atoms with Crippen molar-refractivity contribution in [2.24, 2.45) is 5.92 Å². The molecular formula is C18H22N2O3S2. The standard InChI is InChI=1S/C18H22N2O3S2/c1-12(2)5-7-19-16(21)14-11-25-18(13-6-8-23-10-13)20(14)17(22)15-4-3-9-24-15/h3-4,6,8-10,12,14,18H,5,7,11H2,1-2H3,(H,19,21). The minimum Gasteiger partial charge on any atom is -0.472 e. The van der Waals surface area contributed by atoms with E-state index in [2.05, 4.69) is 19.2 Å².